The van der Waals surface area contributed by atoms with Crippen molar-refractivity contribution in [3.63, 3.8) is 0 Å². The molecule has 0 spiro atoms. The zero-order valence-corrected chi connectivity index (χ0v) is 13.5. The first kappa shape index (κ1) is 15.6. The minimum atomic E-state index is -0.279. The van der Waals surface area contributed by atoms with Gasteiger partial charge < -0.3 is 9.80 Å². The molecule has 3 rings (SSSR count). The molecule has 1 aliphatic rings. The van der Waals surface area contributed by atoms with E-state index >= 15 is 0 Å². The number of piperazine rings is 1. The standard InChI is InChI=1S/C16H21FN6/c1-21(2)15-8-16(20-12-19-15)23-5-3-22(4-6-23)11-13-7-14(17)10-18-9-13/h7-10,12H,3-6,11H2,1-2H3. The third-order valence-corrected chi connectivity index (χ3v) is 3.96. The van der Waals surface area contributed by atoms with Crippen molar-refractivity contribution in [2.45, 2.75) is 6.54 Å². The Morgan fingerprint density at radius 3 is 2.57 bits per heavy atom. The summed E-state index contributed by atoms with van der Waals surface area (Å²) in [6.07, 6.45) is 4.57. The van der Waals surface area contributed by atoms with E-state index in [0.717, 1.165) is 49.9 Å². The summed E-state index contributed by atoms with van der Waals surface area (Å²) in [4.78, 5) is 19.1. The van der Waals surface area contributed by atoms with Crippen LogP contribution in [0.25, 0.3) is 0 Å². The van der Waals surface area contributed by atoms with Gasteiger partial charge in [-0.05, 0) is 11.6 Å². The van der Waals surface area contributed by atoms with E-state index in [-0.39, 0.29) is 5.82 Å². The summed E-state index contributed by atoms with van der Waals surface area (Å²) in [7, 11) is 3.94. The fourth-order valence-corrected chi connectivity index (χ4v) is 2.69. The van der Waals surface area contributed by atoms with Crippen LogP contribution in [0.3, 0.4) is 0 Å². The Morgan fingerprint density at radius 1 is 1.09 bits per heavy atom. The molecule has 1 fully saturated rings. The largest absolute Gasteiger partial charge is 0.363 e. The topological polar surface area (TPSA) is 48.4 Å². The average molecular weight is 316 g/mol. The molecular weight excluding hydrogens is 295 g/mol. The van der Waals surface area contributed by atoms with Crippen molar-refractivity contribution in [3.8, 4) is 0 Å². The van der Waals surface area contributed by atoms with Gasteiger partial charge in [0.25, 0.3) is 0 Å². The minimum absolute atomic E-state index is 0.279. The summed E-state index contributed by atoms with van der Waals surface area (Å²) < 4.78 is 13.2. The van der Waals surface area contributed by atoms with Crippen molar-refractivity contribution >= 4 is 11.6 Å². The highest BCUT2D eigenvalue weighted by molar-refractivity contribution is 5.49. The molecule has 6 nitrogen and oxygen atoms in total. The zero-order chi connectivity index (χ0) is 16.2. The Hall–Kier alpha value is -2.28. The number of rotatable bonds is 4. The SMILES string of the molecule is CN(C)c1cc(N2CCN(Cc3cncc(F)c3)CC2)ncn1. The van der Waals surface area contributed by atoms with Crippen LogP contribution in [-0.2, 0) is 6.54 Å². The van der Waals surface area contributed by atoms with Gasteiger partial charge in [-0.3, -0.25) is 9.88 Å². The van der Waals surface area contributed by atoms with Gasteiger partial charge in [-0.1, -0.05) is 0 Å². The van der Waals surface area contributed by atoms with Gasteiger partial charge in [0.1, 0.15) is 23.8 Å². The number of nitrogens with zero attached hydrogens (tertiary/aromatic N) is 6. The van der Waals surface area contributed by atoms with Crippen LogP contribution >= 0.6 is 0 Å². The first-order valence-electron chi connectivity index (χ1n) is 7.68. The lowest BCUT2D eigenvalue weighted by Gasteiger charge is -2.35. The maximum Gasteiger partial charge on any atom is 0.141 e. The lowest BCUT2D eigenvalue weighted by molar-refractivity contribution is 0.248. The van der Waals surface area contributed by atoms with Gasteiger partial charge in [-0.2, -0.15) is 0 Å². The molecule has 1 aliphatic heterocycles. The fourth-order valence-electron chi connectivity index (χ4n) is 2.69. The Labute approximate surface area is 135 Å². The number of pyridine rings is 1. The monoisotopic (exact) mass is 316 g/mol. The van der Waals surface area contributed by atoms with Gasteiger partial charge in [0.05, 0.1) is 6.20 Å². The molecule has 0 saturated carbocycles. The Bertz CT molecular complexity index is 655. The molecule has 0 amide bonds. The van der Waals surface area contributed by atoms with Gasteiger partial charge >= 0.3 is 0 Å². The van der Waals surface area contributed by atoms with E-state index in [1.165, 1.54) is 6.20 Å². The van der Waals surface area contributed by atoms with Gasteiger partial charge in [-0.25, -0.2) is 14.4 Å². The summed E-state index contributed by atoms with van der Waals surface area (Å²) in [6.45, 7) is 4.35. The first-order chi connectivity index (χ1) is 11.1. The van der Waals surface area contributed by atoms with E-state index in [9.17, 15) is 4.39 Å². The molecule has 0 unspecified atom stereocenters. The summed E-state index contributed by atoms with van der Waals surface area (Å²) in [6, 6.07) is 3.55. The van der Waals surface area contributed by atoms with E-state index < -0.39 is 0 Å². The van der Waals surface area contributed by atoms with Crippen LogP contribution in [0.4, 0.5) is 16.0 Å². The summed E-state index contributed by atoms with van der Waals surface area (Å²) >= 11 is 0. The molecule has 7 heteroatoms. The van der Waals surface area contributed by atoms with Crippen LogP contribution in [0, 0.1) is 5.82 Å². The van der Waals surface area contributed by atoms with E-state index in [0.29, 0.717) is 0 Å². The molecule has 0 bridgehead atoms. The van der Waals surface area contributed by atoms with Crippen LogP contribution in [0.1, 0.15) is 5.56 Å². The molecule has 0 radical (unpaired) electrons. The number of hydrogen-bond acceptors (Lipinski definition) is 6. The second-order valence-corrected chi connectivity index (χ2v) is 5.90. The predicted octanol–water partition coefficient (Wildman–Crippen LogP) is 1.40. The second-order valence-electron chi connectivity index (χ2n) is 5.90. The van der Waals surface area contributed by atoms with E-state index in [1.807, 2.05) is 25.1 Å². The lowest BCUT2D eigenvalue weighted by atomic mass is 10.2. The third-order valence-electron chi connectivity index (χ3n) is 3.96. The number of aromatic nitrogens is 3. The van der Waals surface area contributed by atoms with Gasteiger partial charge in [0, 0.05) is 59.1 Å². The maximum absolute atomic E-state index is 13.2. The van der Waals surface area contributed by atoms with E-state index in [2.05, 4.69) is 24.8 Å². The molecule has 1 saturated heterocycles. The highest BCUT2D eigenvalue weighted by Crippen LogP contribution is 2.18. The number of halogens is 1. The Kier molecular flexibility index (Phi) is 4.66. The summed E-state index contributed by atoms with van der Waals surface area (Å²) in [5, 5.41) is 0. The van der Waals surface area contributed by atoms with Crippen LogP contribution in [0.15, 0.2) is 30.9 Å². The summed E-state index contributed by atoms with van der Waals surface area (Å²) in [5.41, 5.74) is 0.912. The number of anilines is 2. The van der Waals surface area contributed by atoms with Gasteiger partial charge in [-0.15, -0.1) is 0 Å². The quantitative estimate of drug-likeness (QED) is 0.850. The maximum atomic E-state index is 13.2. The van der Waals surface area contributed by atoms with Crippen molar-refractivity contribution < 1.29 is 4.39 Å². The van der Waals surface area contributed by atoms with Gasteiger partial charge in [0.2, 0.25) is 0 Å². The van der Waals surface area contributed by atoms with Crippen molar-refractivity contribution in [3.05, 3.63) is 42.2 Å². The lowest BCUT2D eigenvalue weighted by Crippen LogP contribution is -2.46. The predicted molar refractivity (Wildman–Crippen MR) is 88.0 cm³/mol. The average Bonchev–Trinajstić information content (AvgIpc) is 2.56. The molecular formula is C16H21FN6. The molecule has 3 heterocycles. The molecule has 2 aromatic heterocycles. The van der Waals surface area contributed by atoms with Crippen LogP contribution in [0.2, 0.25) is 0 Å². The Morgan fingerprint density at radius 2 is 1.87 bits per heavy atom. The van der Waals surface area contributed by atoms with E-state index in [1.54, 1.807) is 18.6 Å². The molecule has 0 atom stereocenters. The molecule has 2 aromatic rings. The van der Waals surface area contributed by atoms with Crippen molar-refractivity contribution in [2.75, 3.05) is 50.1 Å². The highest BCUT2D eigenvalue weighted by atomic mass is 19.1. The van der Waals surface area contributed by atoms with Crippen LogP contribution in [-0.4, -0.2) is 60.1 Å². The first-order valence-corrected chi connectivity index (χ1v) is 7.68. The van der Waals surface area contributed by atoms with Crippen molar-refractivity contribution in [1.29, 1.82) is 0 Å². The molecule has 122 valence electrons. The van der Waals surface area contributed by atoms with Crippen molar-refractivity contribution in [1.82, 2.24) is 19.9 Å². The highest BCUT2D eigenvalue weighted by Gasteiger charge is 2.19. The van der Waals surface area contributed by atoms with Crippen LogP contribution in [0.5, 0.6) is 0 Å². The molecule has 0 aliphatic carbocycles. The zero-order valence-electron chi connectivity index (χ0n) is 13.5. The van der Waals surface area contributed by atoms with Crippen molar-refractivity contribution in [2.24, 2.45) is 0 Å². The van der Waals surface area contributed by atoms with E-state index in [4.69, 9.17) is 0 Å². The third kappa shape index (κ3) is 3.92. The minimum Gasteiger partial charge on any atom is -0.363 e. The fraction of sp³-hybridized carbons (Fsp3) is 0.438. The molecule has 0 N–H and O–H groups in total. The smallest absolute Gasteiger partial charge is 0.141 e. The molecule has 0 aromatic carbocycles. The Balaban J connectivity index is 1.59. The number of hydrogen-bond donors (Lipinski definition) is 0. The normalized spacial score (nSPS) is 15.7. The van der Waals surface area contributed by atoms with Crippen LogP contribution < -0.4 is 9.80 Å². The van der Waals surface area contributed by atoms with Gasteiger partial charge in [0.15, 0.2) is 0 Å². The summed E-state index contributed by atoms with van der Waals surface area (Å²) in [5.74, 6) is 1.58. The molecule has 23 heavy (non-hydrogen) atoms. The second kappa shape index (κ2) is 6.87.